The van der Waals surface area contributed by atoms with Crippen LogP contribution in [0.25, 0.3) is 0 Å². The first-order valence-electron chi connectivity index (χ1n) is 9.48. The predicted octanol–water partition coefficient (Wildman–Crippen LogP) is 3.20. The number of rotatable bonds is 4. The molecule has 4 heterocycles. The number of ether oxygens (including phenoxy) is 2. The van der Waals surface area contributed by atoms with Gasteiger partial charge >= 0.3 is 0 Å². The van der Waals surface area contributed by atoms with Crippen LogP contribution in [0.15, 0.2) is 41.5 Å². The maximum absolute atomic E-state index is 5.83. The summed E-state index contributed by atoms with van der Waals surface area (Å²) in [6.45, 7) is 5.30. The number of anilines is 1. The minimum atomic E-state index is 0.374. The van der Waals surface area contributed by atoms with Crippen LogP contribution in [0.1, 0.15) is 36.5 Å². The highest BCUT2D eigenvalue weighted by atomic mass is 16.5. The highest BCUT2D eigenvalue weighted by molar-refractivity contribution is 6.15. The third kappa shape index (κ3) is 2.58. The Morgan fingerprint density at radius 1 is 1.23 bits per heavy atom. The average Bonchev–Trinajstić information content (AvgIpc) is 3.37. The van der Waals surface area contributed by atoms with E-state index in [0.717, 1.165) is 55.4 Å². The second-order valence-electron chi connectivity index (χ2n) is 7.07. The fraction of sp³-hybridized carbons (Fsp3) is 0.429. The predicted molar refractivity (Wildman–Crippen MR) is 101 cm³/mol. The van der Waals surface area contributed by atoms with Crippen molar-refractivity contribution in [3.63, 3.8) is 0 Å². The lowest BCUT2D eigenvalue weighted by molar-refractivity contribution is 0.113. The van der Waals surface area contributed by atoms with Gasteiger partial charge in [-0.2, -0.15) is 0 Å². The molecule has 2 unspecified atom stereocenters. The zero-order valence-corrected chi connectivity index (χ0v) is 15.0. The molecule has 0 bridgehead atoms. The number of nitrogens with zero attached hydrogens (tertiary/aromatic N) is 3. The average molecular weight is 349 g/mol. The van der Waals surface area contributed by atoms with Crippen molar-refractivity contribution >= 4 is 11.5 Å². The molecule has 26 heavy (non-hydrogen) atoms. The summed E-state index contributed by atoms with van der Waals surface area (Å²) in [4.78, 5) is 11.9. The maximum Gasteiger partial charge on any atom is 0.129 e. The van der Waals surface area contributed by atoms with Crippen molar-refractivity contribution < 1.29 is 9.47 Å². The quantitative estimate of drug-likeness (QED) is 0.850. The summed E-state index contributed by atoms with van der Waals surface area (Å²) < 4.78 is 11.5. The number of hydrogen-bond acceptors (Lipinski definition) is 5. The molecule has 5 nitrogen and oxygen atoms in total. The van der Waals surface area contributed by atoms with Gasteiger partial charge < -0.3 is 14.4 Å². The molecule has 3 aliphatic rings. The second-order valence-corrected chi connectivity index (χ2v) is 7.07. The lowest BCUT2D eigenvalue weighted by Crippen LogP contribution is -2.32. The molecule has 1 aromatic carbocycles. The molecule has 2 saturated heterocycles. The molecule has 0 aliphatic carbocycles. The molecule has 3 aliphatic heterocycles. The van der Waals surface area contributed by atoms with Gasteiger partial charge in [0.05, 0.1) is 31.0 Å². The number of aromatic nitrogens is 1. The van der Waals surface area contributed by atoms with Crippen LogP contribution in [-0.2, 0) is 11.3 Å². The van der Waals surface area contributed by atoms with Crippen LogP contribution in [0.5, 0.6) is 5.75 Å². The Labute approximate surface area is 153 Å². The van der Waals surface area contributed by atoms with Gasteiger partial charge in [0.25, 0.3) is 0 Å². The van der Waals surface area contributed by atoms with Crippen LogP contribution in [-0.4, -0.2) is 42.6 Å². The maximum atomic E-state index is 5.83. The van der Waals surface area contributed by atoms with E-state index >= 15 is 0 Å². The number of fused-ring (bicyclic) bond motifs is 2. The fourth-order valence-electron chi connectivity index (χ4n) is 4.38. The highest BCUT2D eigenvalue weighted by Crippen LogP contribution is 2.33. The summed E-state index contributed by atoms with van der Waals surface area (Å²) >= 11 is 0. The zero-order chi connectivity index (χ0) is 17.5. The Bertz CT molecular complexity index is 864. The molecular formula is C21H23N3O2. The Balaban J connectivity index is 1.47. The van der Waals surface area contributed by atoms with Gasteiger partial charge in [-0.15, -0.1) is 0 Å². The Morgan fingerprint density at radius 2 is 2.19 bits per heavy atom. The number of hydrogen-bond donors (Lipinski definition) is 0. The van der Waals surface area contributed by atoms with E-state index in [0.29, 0.717) is 18.8 Å². The van der Waals surface area contributed by atoms with E-state index < -0.39 is 0 Å². The van der Waals surface area contributed by atoms with Crippen molar-refractivity contribution in [1.29, 1.82) is 0 Å². The van der Waals surface area contributed by atoms with E-state index in [1.54, 1.807) is 0 Å². The lowest BCUT2D eigenvalue weighted by Gasteiger charge is -2.24. The van der Waals surface area contributed by atoms with Crippen LogP contribution in [0.3, 0.4) is 0 Å². The highest BCUT2D eigenvalue weighted by Gasteiger charge is 2.39. The summed E-state index contributed by atoms with van der Waals surface area (Å²) in [5.74, 6) is 1.94. The van der Waals surface area contributed by atoms with Crippen molar-refractivity contribution in [1.82, 2.24) is 4.98 Å². The van der Waals surface area contributed by atoms with Gasteiger partial charge in [-0.3, -0.25) is 4.99 Å². The molecule has 5 heteroatoms. The van der Waals surface area contributed by atoms with E-state index in [9.17, 15) is 0 Å². The first-order valence-corrected chi connectivity index (χ1v) is 9.48. The molecule has 0 radical (unpaired) electrons. The van der Waals surface area contributed by atoms with E-state index in [1.165, 1.54) is 11.1 Å². The minimum absolute atomic E-state index is 0.374. The van der Waals surface area contributed by atoms with Crippen molar-refractivity contribution in [3.8, 4) is 5.75 Å². The van der Waals surface area contributed by atoms with Gasteiger partial charge in [0.1, 0.15) is 11.6 Å². The number of benzene rings is 1. The van der Waals surface area contributed by atoms with Gasteiger partial charge in [-0.25, -0.2) is 4.98 Å². The van der Waals surface area contributed by atoms with E-state index in [4.69, 9.17) is 14.5 Å². The van der Waals surface area contributed by atoms with E-state index in [2.05, 4.69) is 34.1 Å². The summed E-state index contributed by atoms with van der Waals surface area (Å²) in [6, 6.07) is 11.0. The topological polar surface area (TPSA) is 47.0 Å². The van der Waals surface area contributed by atoms with Gasteiger partial charge in [0.2, 0.25) is 0 Å². The van der Waals surface area contributed by atoms with Crippen LogP contribution < -0.4 is 9.64 Å². The smallest absolute Gasteiger partial charge is 0.129 e. The van der Waals surface area contributed by atoms with Gasteiger partial charge in [-0.05, 0) is 49.6 Å². The standard InChI is InChI=1S/C21H23N3O2/c1-2-25-16-4-3-15-13-23-21(17(15)12-16)14-5-8-22-20(11-14)24-9-6-19-18(24)7-10-26-19/h3-5,8,11-12,18-19H,2,6-7,9-10,13H2,1H3. The first kappa shape index (κ1) is 15.8. The molecule has 2 aromatic rings. The SMILES string of the molecule is CCOc1ccc2c(c1)C(c1ccnc(N3CCC4OCCC43)c1)=NC2. The van der Waals surface area contributed by atoms with E-state index in [-0.39, 0.29) is 0 Å². The summed E-state index contributed by atoms with van der Waals surface area (Å²) in [5.41, 5.74) is 4.61. The molecule has 2 atom stereocenters. The summed E-state index contributed by atoms with van der Waals surface area (Å²) in [7, 11) is 0. The Kier molecular flexibility index (Phi) is 3.89. The van der Waals surface area contributed by atoms with Gasteiger partial charge in [0, 0.05) is 30.5 Å². The Hall–Kier alpha value is -2.40. The van der Waals surface area contributed by atoms with Crippen molar-refractivity contribution in [2.24, 2.45) is 4.99 Å². The summed E-state index contributed by atoms with van der Waals surface area (Å²) in [6.07, 6.45) is 4.47. The molecule has 0 saturated carbocycles. The van der Waals surface area contributed by atoms with Crippen molar-refractivity contribution in [2.75, 3.05) is 24.7 Å². The number of aliphatic imine (C=N–C) groups is 1. The lowest BCUT2D eigenvalue weighted by atomic mass is 10.0. The van der Waals surface area contributed by atoms with Crippen LogP contribution in [0.4, 0.5) is 5.82 Å². The third-order valence-electron chi connectivity index (χ3n) is 5.60. The normalized spacial score (nSPS) is 23.7. The second kappa shape index (κ2) is 6.40. The van der Waals surface area contributed by atoms with Crippen LogP contribution in [0, 0.1) is 0 Å². The zero-order valence-electron chi connectivity index (χ0n) is 15.0. The molecule has 2 fully saturated rings. The minimum Gasteiger partial charge on any atom is -0.494 e. The first-order chi connectivity index (χ1) is 12.8. The molecule has 0 amide bonds. The molecular weight excluding hydrogens is 326 g/mol. The molecule has 1 aromatic heterocycles. The largest absolute Gasteiger partial charge is 0.494 e. The molecule has 0 N–H and O–H groups in total. The van der Waals surface area contributed by atoms with Crippen LogP contribution in [0.2, 0.25) is 0 Å². The summed E-state index contributed by atoms with van der Waals surface area (Å²) in [5, 5.41) is 0. The monoisotopic (exact) mass is 349 g/mol. The molecule has 5 rings (SSSR count). The van der Waals surface area contributed by atoms with Gasteiger partial charge in [0.15, 0.2) is 0 Å². The van der Waals surface area contributed by atoms with E-state index in [1.807, 2.05) is 19.2 Å². The van der Waals surface area contributed by atoms with Crippen molar-refractivity contribution in [2.45, 2.75) is 38.5 Å². The molecule has 0 spiro atoms. The van der Waals surface area contributed by atoms with Crippen LogP contribution >= 0.6 is 0 Å². The van der Waals surface area contributed by atoms with Crippen molar-refractivity contribution in [3.05, 3.63) is 53.2 Å². The fourth-order valence-corrected chi connectivity index (χ4v) is 4.38. The van der Waals surface area contributed by atoms with Gasteiger partial charge in [-0.1, -0.05) is 6.07 Å². The molecule has 134 valence electrons. The number of pyridine rings is 1. The third-order valence-corrected chi connectivity index (χ3v) is 5.60. The Morgan fingerprint density at radius 3 is 3.12 bits per heavy atom.